The van der Waals surface area contributed by atoms with Gasteiger partial charge in [0.05, 0.1) is 17.1 Å². The third-order valence-corrected chi connectivity index (χ3v) is 4.48. The Balaban J connectivity index is 2.03. The molecule has 0 saturated heterocycles. The predicted molar refractivity (Wildman–Crippen MR) is 77.0 cm³/mol. The first kappa shape index (κ1) is 13.4. The minimum absolute atomic E-state index is 0.0376. The number of nitrogens with zero attached hydrogens (tertiary/aromatic N) is 2. The lowest BCUT2D eigenvalue weighted by atomic mass is 9.64. The van der Waals surface area contributed by atoms with Crippen LogP contribution in [0.5, 0.6) is 0 Å². The smallest absolute Gasteiger partial charge is 0.201 e. The summed E-state index contributed by atoms with van der Waals surface area (Å²) in [5.74, 6) is 0.177. The Kier molecular flexibility index (Phi) is 2.97. The van der Waals surface area contributed by atoms with E-state index in [0.717, 1.165) is 17.5 Å². The molecule has 2 unspecified atom stereocenters. The number of nitrogens with two attached hydrogens (primary N) is 1. The van der Waals surface area contributed by atoms with Gasteiger partial charge in [-0.2, -0.15) is 0 Å². The van der Waals surface area contributed by atoms with E-state index in [0.29, 0.717) is 12.6 Å². The number of halogens is 1. The number of imidazole rings is 1. The van der Waals surface area contributed by atoms with E-state index in [-0.39, 0.29) is 23.4 Å². The van der Waals surface area contributed by atoms with Gasteiger partial charge in [-0.1, -0.05) is 13.8 Å². The molecule has 108 valence electrons. The monoisotopic (exact) mass is 277 g/mol. The zero-order chi connectivity index (χ0) is 14.5. The van der Waals surface area contributed by atoms with Gasteiger partial charge in [0.25, 0.3) is 0 Å². The Morgan fingerprint density at radius 2 is 2.25 bits per heavy atom. The highest BCUT2D eigenvalue weighted by atomic mass is 19.1. The lowest BCUT2D eigenvalue weighted by Gasteiger charge is -2.52. The van der Waals surface area contributed by atoms with E-state index in [2.05, 4.69) is 18.8 Å². The summed E-state index contributed by atoms with van der Waals surface area (Å²) in [4.78, 5) is 4.33. The van der Waals surface area contributed by atoms with E-state index in [1.54, 1.807) is 6.07 Å². The summed E-state index contributed by atoms with van der Waals surface area (Å²) in [7, 11) is 0. The molecule has 5 heteroatoms. The molecule has 1 aromatic carbocycles. The second-order valence-electron chi connectivity index (χ2n) is 5.99. The first-order chi connectivity index (χ1) is 9.45. The molecule has 2 aromatic rings. The van der Waals surface area contributed by atoms with Crippen molar-refractivity contribution in [3.8, 4) is 0 Å². The number of aromatic nitrogens is 2. The normalized spacial score (nSPS) is 24.8. The van der Waals surface area contributed by atoms with Crippen molar-refractivity contribution in [3.63, 3.8) is 0 Å². The van der Waals surface area contributed by atoms with Crippen molar-refractivity contribution in [1.82, 2.24) is 9.55 Å². The Morgan fingerprint density at radius 3 is 2.90 bits per heavy atom. The maximum absolute atomic E-state index is 13.5. The van der Waals surface area contributed by atoms with Crippen LogP contribution in [0.15, 0.2) is 18.2 Å². The van der Waals surface area contributed by atoms with Crippen LogP contribution in [0.2, 0.25) is 0 Å². The third-order valence-electron chi connectivity index (χ3n) is 4.48. The lowest BCUT2D eigenvalue weighted by Crippen LogP contribution is -2.51. The maximum atomic E-state index is 13.5. The number of ether oxygens (including phenoxy) is 1. The molecule has 1 aromatic heterocycles. The van der Waals surface area contributed by atoms with Crippen LogP contribution in [0, 0.1) is 11.2 Å². The Bertz CT molecular complexity index is 650. The highest BCUT2D eigenvalue weighted by Crippen LogP contribution is 2.52. The number of hydrogen-bond donors (Lipinski definition) is 1. The molecule has 1 fully saturated rings. The zero-order valence-corrected chi connectivity index (χ0v) is 12.1. The molecule has 4 nitrogen and oxygen atoms in total. The molecule has 0 aliphatic heterocycles. The largest absolute Gasteiger partial charge is 0.378 e. The van der Waals surface area contributed by atoms with Crippen LogP contribution in [-0.4, -0.2) is 22.3 Å². The van der Waals surface area contributed by atoms with Crippen LogP contribution in [0.25, 0.3) is 11.0 Å². The van der Waals surface area contributed by atoms with Gasteiger partial charge in [-0.05, 0) is 31.5 Å². The number of rotatable bonds is 3. The quantitative estimate of drug-likeness (QED) is 0.937. The number of hydrogen-bond acceptors (Lipinski definition) is 3. The fourth-order valence-corrected chi connectivity index (χ4v) is 3.20. The first-order valence-electron chi connectivity index (χ1n) is 6.99. The fraction of sp³-hybridized carbons (Fsp3) is 0.533. The number of benzene rings is 1. The van der Waals surface area contributed by atoms with Crippen molar-refractivity contribution in [3.05, 3.63) is 24.0 Å². The standard InChI is InChI=1S/C15H20FN3O/c1-4-20-13-8-12(15(13,2)3)19-11-7-9(16)5-6-10(11)18-14(19)17/h5-7,12-13H,4,8H2,1-3H3,(H2,17,18). The SMILES string of the molecule is CCOC1CC(n2c(N)nc3ccc(F)cc32)C1(C)C. The van der Waals surface area contributed by atoms with E-state index in [9.17, 15) is 4.39 Å². The van der Waals surface area contributed by atoms with Gasteiger partial charge in [0.1, 0.15) is 5.82 Å². The average Bonchev–Trinajstić information content (AvgIpc) is 2.70. The summed E-state index contributed by atoms with van der Waals surface area (Å²) in [5.41, 5.74) is 7.50. The lowest BCUT2D eigenvalue weighted by molar-refractivity contribution is -0.126. The Labute approximate surface area is 117 Å². The summed E-state index contributed by atoms with van der Waals surface area (Å²) >= 11 is 0. The molecule has 1 saturated carbocycles. The molecule has 0 radical (unpaired) electrons. The predicted octanol–water partition coefficient (Wildman–Crippen LogP) is 3.13. The van der Waals surface area contributed by atoms with Crippen molar-refractivity contribution in [1.29, 1.82) is 0 Å². The van der Waals surface area contributed by atoms with Crippen LogP contribution in [0.4, 0.5) is 10.3 Å². The van der Waals surface area contributed by atoms with E-state index in [4.69, 9.17) is 10.5 Å². The van der Waals surface area contributed by atoms with Crippen molar-refractivity contribution >= 4 is 17.0 Å². The van der Waals surface area contributed by atoms with Gasteiger partial charge >= 0.3 is 0 Å². The number of anilines is 1. The zero-order valence-electron chi connectivity index (χ0n) is 12.1. The van der Waals surface area contributed by atoms with E-state index in [1.807, 2.05) is 11.5 Å². The summed E-state index contributed by atoms with van der Waals surface area (Å²) < 4.78 is 21.2. The van der Waals surface area contributed by atoms with Gasteiger partial charge in [0.15, 0.2) is 0 Å². The average molecular weight is 277 g/mol. The molecule has 0 bridgehead atoms. The molecule has 2 atom stereocenters. The molecule has 3 rings (SSSR count). The van der Waals surface area contributed by atoms with Crippen LogP contribution in [0.1, 0.15) is 33.2 Å². The van der Waals surface area contributed by atoms with Gasteiger partial charge < -0.3 is 15.0 Å². The first-order valence-corrected chi connectivity index (χ1v) is 6.99. The van der Waals surface area contributed by atoms with Gasteiger partial charge in [-0.15, -0.1) is 0 Å². The summed E-state index contributed by atoms with van der Waals surface area (Å²) in [6.45, 7) is 7.02. The van der Waals surface area contributed by atoms with Gasteiger partial charge in [0.2, 0.25) is 5.95 Å². The van der Waals surface area contributed by atoms with E-state index in [1.165, 1.54) is 12.1 Å². The molecule has 1 heterocycles. The minimum Gasteiger partial charge on any atom is -0.378 e. The highest BCUT2D eigenvalue weighted by molar-refractivity contribution is 5.78. The highest BCUT2D eigenvalue weighted by Gasteiger charge is 2.50. The number of fused-ring (bicyclic) bond motifs is 1. The molecule has 20 heavy (non-hydrogen) atoms. The van der Waals surface area contributed by atoms with Crippen molar-refractivity contribution in [2.24, 2.45) is 5.41 Å². The van der Waals surface area contributed by atoms with Crippen LogP contribution in [-0.2, 0) is 4.74 Å². The molecule has 1 aliphatic carbocycles. The molecule has 2 N–H and O–H groups in total. The Hall–Kier alpha value is -1.62. The van der Waals surface area contributed by atoms with Crippen molar-refractivity contribution in [2.45, 2.75) is 39.3 Å². The van der Waals surface area contributed by atoms with Gasteiger partial charge in [-0.25, -0.2) is 9.37 Å². The van der Waals surface area contributed by atoms with Crippen LogP contribution >= 0.6 is 0 Å². The molecule has 1 aliphatic rings. The second-order valence-corrected chi connectivity index (χ2v) is 5.99. The Morgan fingerprint density at radius 1 is 1.50 bits per heavy atom. The molecular weight excluding hydrogens is 257 g/mol. The summed E-state index contributed by atoms with van der Waals surface area (Å²) in [5, 5.41) is 0. The minimum atomic E-state index is -0.267. The third kappa shape index (κ3) is 1.80. The topological polar surface area (TPSA) is 53.1 Å². The van der Waals surface area contributed by atoms with Crippen LogP contribution < -0.4 is 5.73 Å². The summed E-state index contributed by atoms with van der Waals surface area (Å²) in [6.07, 6.45) is 1.09. The second kappa shape index (κ2) is 4.45. The van der Waals surface area contributed by atoms with Crippen molar-refractivity contribution in [2.75, 3.05) is 12.3 Å². The molecular formula is C15H20FN3O. The summed E-state index contributed by atoms with van der Waals surface area (Å²) in [6, 6.07) is 4.77. The molecule has 0 spiro atoms. The van der Waals surface area contributed by atoms with Gasteiger partial charge in [-0.3, -0.25) is 0 Å². The molecule has 0 amide bonds. The van der Waals surface area contributed by atoms with Crippen LogP contribution in [0.3, 0.4) is 0 Å². The van der Waals surface area contributed by atoms with Crippen molar-refractivity contribution < 1.29 is 9.13 Å². The van der Waals surface area contributed by atoms with E-state index >= 15 is 0 Å². The number of nitrogen functional groups attached to an aromatic ring is 1. The maximum Gasteiger partial charge on any atom is 0.201 e. The fourth-order valence-electron chi connectivity index (χ4n) is 3.20. The van der Waals surface area contributed by atoms with Gasteiger partial charge in [0, 0.05) is 18.1 Å². The van der Waals surface area contributed by atoms with E-state index < -0.39 is 0 Å².